The Morgan fingerprint density at radius 2 is 1.83 bits per heavy atom. The van der Waals surface area contributed by atoms with E-state index < -0.39 is 36.1 Å². The van der Waals surface area contributed by atoms with Gasteiger partial charge < -0.3 is 19.1 Å². The van der Waals surface area contributed by atoms with E-state index >= 15 is 8.78 Å². The highest BCUT2D eigenvalue weighted by Crippen LogP contribution is 2.45. The number of hydrogen-bond donors (Lipinski definition) is 1. The van der Waals surface area contributed by atoms with Crippen molar-refractivity contribution in [3.8, 4) is 0 Å². The van der Waals surface area contributed by atoms with Crippen LogP contribution in [0.2, 0.25) is 0 Å². The first-order chi connectivity index (χ1) is 19.9. The van der Waals surface area contributed by atoms with Crippen LogP contribution in [0.15, 0.2) is 18.5 Å². The number of halogens is 2. The fourth-order valence-corrected chi connectivity index (χ4v) is 6.49. The highest BCUT2D eigenvalue weighted by molar-refractivity contribution is 6.06. The molecule has 2 aromatic rings. The van der Waals surface area contributed by atoms with Gasteiger partial charge in [0.1, 0.15) is 11.2 Å². The lowest BCUT2D eigenvalue weighted by atomic mass is 9.91. The van der Waals surface area contributed by atoms with Crippen LogP contribution in [0.4, 0.5) is 24.1 Å². The SMILES string of the molecule is CC(C)(C)OC(=O)N1CCC(CN2CCC(n3cc(C4CC4)c4cc(N5CCC(=O)NC5=O)cnc43)CC2)C(F)(F)C1. The highest BCUT2D eigenvalue weighted by atomic mass is 19.3. The van der Waals surface area contributed by atoms with Gasteiger partial charge in [-0.3, -0.25) is 15.0 Å². The molecule has 0 bridgehead atoms. The molecule has 3 aliphatic heterocycles. The molecule has 1 aliphatic carbocycles. The van der Waals surface area contributed by atoms with Crippen LogP contribution < -0.4 is 10.2 Å². The molecule has 228 valence electrons. The van der Waals surface area contributed by atoms with Crippen LogP contribution in [0.25, 0.3) is 11.0 Å². The van der Waals surface area contributed by atoms with Gasteiger partial charge in [0.05, 0.1) is 18.4 Å². The molecule has 0 aromatic carbocycles. The molecule has 10 nitrogen and oxygen atoms in total. The van der Waals surface area contributed by atoms with Crippen molar-refractivity contribution in [3.05, 3.63) is 24.0 Å². The predicted molar refractivity (Wildman–Crippen MR) is 153 cm³/mol. The number of anilines is 1. The summed E-state index contributed by atoms with van der Waals surface area (Å²) in [6, 6.07) is 1.80. The van der Waals surface area contributed by atoms with Gasteiger partial charge in [-0.25, -0.2) is 23.4 Å². The minimum atomic E-state index is -2.97. The van der Waals surface area contributed by atoms with Gasteiger partial charge in [-0.2, -0.15) is 0 Å². The molecule has 4 fully saturated rings. The molecule has 1 atom stereocenters. The molecule has 12 heteroatoms. The van der Waals surface area contributed by atoms with Crippen molar-refractivity contribution < 1.29 is 27.9 Å². The quantitative estimate of drug-likeness (QED) is 0.536. The van der Waals surface area contributed by atoms with Crippen molar-refractivity contribution in [2.45, 2.75) is 82.8 Å². The van der Waals surface area contributed by atoms with Gasteiger partial charge in [0.2, 0.25) is 5.91 Å². The number of likely N-dealkylation sites (tertiary alicyclic amines) is 2. The van der Waals surface area contributed by atoms with Crippen LogP contribution in [-0.4, -0.2) is 88.2 Å². The van der Waals surface area contributed by atoms with Crippen LogP contribution in [0, 0.1) is 5.92 Å². The number of carbonyl (C=O) groups is 3. The molecule has 4 aliphatic rings. The zero-order chi connectivity index (χ0) is 29.8. The lowest BCUT2D eigenvalue weighted by Crippen LogP contribution is -2.54. The number of rotatable bonds is 5. The molecule has 1 N–H and O–H groups in total. The molecular formula is C30H40F2N6O4. The number of nitrogens with zero attached hydrogens (tertiary/aromatic N) is 5. The number of nitrogens with one attached hydrogen (secondary N) is 1. The Morgan fingerprint density at radius 3 is 2.48 bits per heavy atom. The molecule has 2 aromatic heterocycles. The first-order valence-electron chi connectivity index (χ1n) is 15.1. The average molecular weight is 587 g/mol. The Bertz CT molecular complexity index is 1380. The molecule has 0 radical (unpaired) electrons. The van der Waals surface area contributed by atoms with Gasteiger partial charge >= 0.3 is 12.1 Å². The molecule has 4 amide bonds. The van der Waals surface area contributed by atoms with E-state index in [-0.39, 0.29) is 31.3 Å². The van der Waals surface area contributed by atoms with Gasteiger partial charge in [-0.05, 0) is 70.4 Å². The highest BCUT2D eigenvalue weighted by Gasteiger charge is 2.47. The lowest BCUT2D eigenvalue weighted by molar-refractivity contribution is -0.120. The number of alkyl halides is 2. The predicted octanol–water partition coefficient (Wildman–Crippen LogP) is 4.89. The largest absolute Gasteiger partial charge is 0.444 e. The number of piperidine rings is 2. The Balaban J connectivity index is 1.10. The summed E-state index contributed by atoms with van der Waals surface area (Å²) in [7, 11) is 0. The van der Waals surface area contributed by atoms with Crippen molar-refractivity contribution in [2.75, 3.05) is 44.2 Å². The van der Waals surface area contributed by atoms with E-state index in [1.54, 1.807) is 31.9 Å². The number of imide groups is 1. The summed E-state index contributed by atoms with van der Waals surface area (Å²) in [5.41, 5.74) is 2.09. The summed E-state index contributed by atoms with van der Waals surface area (Å²) in [5.74, 6) is -3.56. The molecule has 5 heterocycles. The number of amides is 4. The molecule has 0 spiro atoms. The molecule has 6 rings (SSSR count). The normalized spacial score (nSPS) is 24.3. The second-order valence-electron chi connectivity index (χ2n) is 13.3. The van der Waals surface area contributed by atoms with Gasteiger partial charge in [-0.1, -0.05) is 0 Å². The Kier molecular flexibility index (Phi) is 7.39. The second-order valence-corrected chi connectivity index (χ2v) is 13.3. The van der Waals surface area contributed by atoms with Crippen molar-refractivity contribution in [1.29, 1.82) is 0 Å². The van der Waals surface area contributed by atoms with Crippen LogP contribution in [0.5, 0.6) is 0 Å². The molecule has 42 heavy (non-hydrogen) atoms. The Morgan fingerprint density at radius 1 is 1.10 bits per heavy atom. The Labute approximate surface area is 244 Å². The standard InChI is InChI=1S/C30H40F2N6O4/c1-29(2,3)42-28(41)36-12-6-20(30(31,32)18-36)16-35-10-7-21(8-11-35)38-17-24(19-4-5-19)23-14-22(15-33-26(23)38)37-13-9-25(39)34-27(37)40/h14-15,17,19-21H,4-13,16,18H2,1-3H3,(H,34,39,40). The van der Waals surface area contributed by atoms with E-state index in [4.69, 9.17) is 9.72 Å². The number of aromatic nitrogens is 2. The van der Waals surface area contributed by atoms with E-state index in [0.29, 0.717) is 37.8 Å². The summed E-state index contributed by atoms with van der Waals surface area (Å²) in [4.78, 5) is 46.0. The average Bonchev–Trinajstić information content (AvgIpc) is 3.69. The third kappa shape index (κ3) is 5.95. The van der Waals surface area contributed by atoms with Gasteiger partial charge in [-0.15, -0.1) is 0 Å². The lowest BCUT2D eigenvalue weighted by Gasteiger charge is -2.42. The van der Waals surface area contributed by atoms with Crippen molar-refractivity contribution in [3.63, 3.8) is 0 Å². The third-order valence-corrected chi connectivity index (χ3v) is 8.90. The number of hydrogen-bond acceptors (Lipinski definition) is 6. The summed E-state index contributed by atoms with van der Waals surface area (Å²) >= 11 is 0. The van der Waals surface area contributed by atoms with Crippen molar-refractivity contribution >= 4 is 34.8 Å². The van der Waals surface area contributed by atoms with Gasteiger partial charge in [0, 0.05) is 62.7 Å². The zero-order valence-corrected chi connectivity index (χ0v) is 24.6. The zero-order valence-electron chi connectivity index (χ0n) is 24.6. The first-order valence-corrected chi connectivity index (χ1v) is 15.1. The fraction of sp³-hybridized carbons (Fsp3) is 0.667. The molecule has 3 saturated heterocycles. The smallest absolute Gasteiger partial charge is 0.410 e. The fourth-order valence-electron chi connectivity index (χ4n) is 6.49. The number of fused-ring (bicyclic) bond motifs is 1. The monoisotopic (exact) mass is 586 g/mol. The summed E-state index contributed by atoms with van der Waals surface area (Å²) in [5, 5.41) is 3.42. The van der Waals surface area contributed by atoms with E-state index in [1.165, 1.54) is 5.56 Å². The maximum Gasteiger partial charge on any atom is 0.410 e. The number of ether oxygens (including phenoxy) is 1. The van der Waals surface area contributed by atoms with Crippen LogP contribution >= 0.6 is 0 Å². The minimum Gasteiger partial charge on any atom is -0.444 e. The van der Waals surface area contributed by atoms with Gasteiger partial charge in [0.15, 0.2) is 0 Å². The van der Waals surface area contributed by atoms with Crippen LogP contribution in [0.1, 0.15) is 76.8 Å². The maximum absolute atomic E-state index is 15.1. The molecular weight excluding hydrogens is 546 g/mol. The third-order valence-electron chi connectivity index (χ3n) is 8.90. The van der Waals surface area contributed by atoms with Crippen molar-refractivity contribution in [1.82, 2.24) is 24.7 Å². The summed E-state index contributed by atoms with van der Waals surface area (Å²) in [6.45, 7) is 6.93. The Hall–Kier alpha value is -3.28. The topological polar surface area (TPSA) is 100 Å². The maximum atomic E-state index is 15.1. The van der Waals surface area contributed by atoms with E-state index in [0.717, 1.165) is 41.6 Å². The molecule has 1 saturated carbocycles. The summed E-state index contributed by atoms with van der Waals surface area (Å²) < 4.78 is 37.8. The van der Waals surface area contributed by atoms with Crippen molar-refractivity contribution in [2.24, 2.45) is 5.92 Å². The number of urea groups is 1. The molecule has 1 unspecified atom stereocenters. The van der Waals surface area contributed by atoms with Crippen LogP contribution in [0.3, 0.4) is 0 Å². The van der Waals surface area contributed by atoms with Crippen LogP contribution in [-0.2, 0) is 9.53 Å². The van der Waals surface area contributed by atoms with Gasteiger partial charge in [0.25, 0.3) is 5.92 Å². The van der Waals surface area contributed by atoms with E-state index in [9.17, 15) is 14.4 Å². The second kappa shape index (κ2) is 10.8. The number of pyridine rings is 1. The number of carbonyl (C=O) groups excluding carboxylic acids is 3. The minimum absolute atomic E-state index is 0.208. The van der Waals surface area contributed by atoms with E-state index in [2.05, 4.69) is 21.0 Å². The van der Waals surface area contributed by atoms with E-state index in [1.807, 2.05) is 6.07 Å². The summed E-state index contributed by atoms with van der Waals surface area (Å²) in [6.07, 6.45) is 7.64. The first kappa shape index (κ1) is 28.8.